The van der Waals surface area contributed by atoms with Crippen molar-refractivity contribution in [2.75, 3.05) is 16.4 Å². The normalized spacial score (nSPS) is 11.7. The van der Waals surface area contributed by atoms with Crippen LogP contribution in [0.25, 0.3) is 5.69 Å². The van der Waals surface area contributed by atoms with Crippen LogP contribution >= 0.6 is 0 Å². The Bertz CT molecular complexity index is 1610. The summed E-state index contributed by atoms with van der Waals surface area (Å²) in [6, 6.07) is 9.24. The molecule has 2 N–H and O–H groups in total. The van der Waals surface area contributed by atoms with Crippen LogP contribution in [0.4, 0.5) is 23.2 Å². The van der Waals surface area contributed by atoms with E-state index in [9.17, 15) is 45.6 Å². The fraction of sp³-hybridized carbons (Fsp3) is 0.100. The zero-order valence-electron chi connectivity index (χ0n) is 17.4. The monoisotopic (exact) mass is 511 g/mol. The van der Waals surface area contributed by atoms with Gasteiger partial charge in [0.25, 0.3) is 11.5 Å². The highest BCUT2D eigenvalue weighted by Crippen LogP contribution is 2.30. The molecule has 2 aromatic carbocycles. The van der Waals surface area contributed by atoms with Crippen LogP contribution in [0.1, 0.15) is 21.6 Å². The summed E-state index contributed by atoms with van der Waals surface area (Å²) in [4.78, 5) is 37.8. The third-order valence-corrected chi connectivity index (χ3v) is 5.64. The van der Waals surface area contributed by atoms with Gasteiger partial charge in [-0.1, -0.05) is 18.2 Å². The zero-order valence-corrected chi connectivity index (χ0v) is 18.3. The summed E-state index contributed by atoms with van der Waals surface area (Å²) >= 11 is 0. The molecule has 10 nitrogen and oxygen atoms in total. The van der Waals surface area contributed by atoms with Crippen LogP contribution in [0.3, 0.4) is 0 Å². The Kier molecular flexibility index (Phi) is 6.27. The second-order valence-corrected chi connectivity index (χ2v) is 8.82. The van der Waals surface area contributed by atoms with E-state index in [0.717, 1.165) is 0 Å². The quantitative estimate of drug-likeness (QED) is 0.411. The van der Waals surface area contributed by atoms with Gasteiger partial charge in [0.1, 0.15) is 11.9 Å². The highest BCUT2D eigenvalue weighted by molar-refractivity contribution is 7.92. The van der Waals surface area contributed by atoms with Crippen LogP contribution in [0.5, 0.6) is 0 Å². The van der Waals surface area contributed by atoms with Gasteiger partial charge in [-0.05, 0) is 24.3 Å². The number of benzene rings is 2. The van der Waals surface area contributed by atoms with Crippen molar-refractivity contribution in [1.29, 1.82) is 5.26 Å². The fourth-order valence-corrected chi connectivity index (χ4v) is 4.03. The van der Waals surface area contributed by atoms with Gasteiger partial charge in [-0.2, -0.15) is 18.4 Å². The molecule has 1 heterocycles. The maximum atomic E-state index is 14.8. The maximum absolute atomic E-state index is 14.8. The van der Waals surface area contributed by atoms with Crippen LogP contribution in [0, 0.1) is 17.1 Å². The molecule has 0 aliphatic heterocycles. The molecular weight excluding hydrogens is 498 g/mol. The highest BCUT2D eigenvalue weighted by Gasteiger charge is 2.36. The van der Waals surface area contributed by atoms with E-state index in [2.05, 4.69) is 0 Å². The number of halogens is 4. The van der Waals surface area contributed by atoms with Gasteiger partial charge < -0.3 is 5.84 Å². The van der Waals surface area contributed by atoms with Crippen LogP contribution in [0.15, 0.2) is 58.1 Å². The number of nitrogens with two attached hydrogens (primary N) is 1. The lowest BCUT2D eigenvalue weighted by molar-refractivity contribution is -0.143. The number of nitrogens with zero attached hydrogens (tertiary/aromatic N) is 4. The molecule has 3 rings (SSSR count). The summed E-state index contributed by atoms with van der Waals surface area (Å²) in [7, 11) is -4.50. The van der Waals surface area contributed by atoms with Gasteiger partial charge in [-0.25, -0.2) is 31.2 Å². The lowest BCUT2D eigenvalue weighted by atomic mass is 10.1. The lowest BCUT2D eigenvalue weighted by Gasteiger charge is -2.23. The van der Waals surface area contributed by atoms with E-state index in [1.807, 2.05) is 0 Å². The van der Waals surface area contributed by atoms with E-state index >= 15 is 0 Å². The molecule has 0 radical (unpaired) electrons. The van der Waals surface area contributed by atoms with Crippen molar-refractivity contribution >= 4 is 21.6 Å². The molecule has 0 atom stereocenters. The first-order valence-electron chi connectivity index (χ1n) is 9.23. The number of nitriles is 1. The van der Waals surface area contributed by atoms with Gasteiger partial charge in [0.05, 0.1) is 23.2 Å². The van der Waals surface area contributed by atoms with Crippen molar-refractivity contribution in [2.24, 2.45) is 0 Å². The van der Waals surface area contributed by atoms with Crippen molar-refractivity contribution in [2.45, 2.75) is 6.18 Å². The van der Waals surface area contributed by atoms with E-state index in [0.29, 0.717) is 18.4 Å². The van der Waals surface area contributed by atoms with Crippen LogP contribution in [0.2, 0.25) is 0 Å². The average Bonchev–Trinajstić information content (AvgIpc) is 2.76. The maximum Gasteiger partial charge on any atom is 0.433 e. The molecule has 182 valence electrons. The molecular formula is C20H13F4N5O5S. The molecule has 0 aliphatic rings. The smallest absolute Gasteiger partial charge is 0.335 e. The third kappa shape index (κ3) is 4.64. The molecule has 0 bridgehead atoms. The zero-order chi connectivity index (χ0) is 26.3. The second-order valence-electron chi connectivity index (χ2n) is 6.98. The van der Waals surface area contributed by atoms with Crippen molar-refractivity contribution in [3.8, 4) is 11.8 Å². The van der Waals surface area contributed by atoms with Crippen LogP contribution in [-0.2, 0) is 16.2 Å². The standard InChI is InChI=1S/C20H13F4N5O5S/c1-35(33,34)29(18(31)11-5-3-2-4-6-11)14-8-15(13(21)7-12(14)10-25)27-17(30)9-16(20(22,23)24)28(26)19(27)32/h2-9H,26H2,1H3. The number of carbonyl (C=O) groups excluding carboxylic acids is 1. The number of carbonyl (C=O) groups is 1. The van der Waals surface area contributed by atoms with Gasteiger partial charge in [0, 0.05) is 11.6 Å². The number of amides is 1. The fourth-order valence-electron chi connectivity index (χ4n) is 3.11. The Balaban J connectivity index is 2.38. The van der Waals surface area contributed by atoms with Crippen molar-refractivity contribution in [3.05, 3.63) is 92.0 Å². The van der Waals surface area contributed by atoms with Crippen molar-refractivity contribution < 1.29 is 30.8 Å². The number of hydrogen-bond acceptors (Lipinski definition) is 7. The van der Waals surface area contributed by atoms with Crippen molar-refractivity contribution in [3.63, 3.8) is 0 Å². The molecule has 1 amide bonds. The third-order valence-electron chi connectivity index (χ3n) is 4.61. The van der Waals surface area contributed by atoms with Gasteiger partial charge >= 0.3 is 11.9 Å². The summed E-state index contributed by atoms with van der Waals surface area (Å²) < 4.78 is 78.7. The minimum Gasteiger partial charge on any atom is -0.335 e. The number of alkyl halides is 3. The molecule has 0 saturated heterocycles. The van der Waals surface area contributed by atoms with E-state index in [1.54, 1.807) is 0 Å². The Morgan fingerprint density at radius 2 is 1.71 bits per heavy atom. The number of rotatable bonds is 4. The van der Waals surface area contributed by atoms with Gasteiger partial charge in [-0.3, -0.25) is 9.59 Å². The minimum absolute atomic E-state index is 0.0673. The van der Waals surface area contributed by atoms with Crippen LogP contribution in [-0.4, -0.2) is 29.8 Å². The first kappa shape index (κ1) is 25.2. The number of hydrogen-bond donors (Lipinski definition) is 1. The van der Waals surface area contributed by atoms with Crippen molar-refractivity contribution in [1.82, 2.24) is 9.24 Å². The minimum atomic E-state index is -5.20. The predicted octanol–water partition coefficient (Wildman–Crippen LogP) is 1.35. The number of nitrogen functional groups attached to an aromatic ring is 1. The number of sulfonamides is 1. The predicted molar refractivity (Wildman–Crippen MR) is 114 cm³/mol. The lowest BCUT2D eigenvalue weighted by Crippen LogP contribution is -2.45. The molecule has 0 spiro atoms. The SMILES string of the molecule is CS(=O)(=O)N(C(=O)c1ccccc1)c1cc(-n2c(=O)cc(C(F)(F)F)n(N)c2=O)c(F)cc1C#N. The highest BCUT2D eigenvalue weighted by atomic mass is 32.2. The first-order chi connectivity index (χ1) is 16.2. The largest absolute Gasteiger partial charge is 0.433 e. The molecule has 0 unspecified atom stereocenters. The van der Waals surface area contributed by atoms with E-state index in [-0.39, 0.29) is 20.5 Å². The number of anilines is 1. The Labute approximate surface area is 193 Å². The Morgan fingerprint density at radius 3 is 2.23 bits per heavy atom. The molecule has 35 heavy (non-hydrogen) atoms. The molecule has 0 saturated carbocycles. The number of aromatic nitrogens is 2. The van der Waals surface area contributed by atoms with Crippen LogP contribution < -0.4 is 21.4 Å². The summed E-state index contributed by atoms with van der Waals surface area (Å²) in [6.45, 7) is 0. The Morgan fingerprint density at radius 1 is 1.11 bits per heavy atom. The summed E-state index contributed by atoms with van der Waals surface area (Å²) in [5.41, 5.74) is -7.93. The van der Waals surface area contributed by atoms with Gasteiger partial charge in [0.15, 0.2) is 5.69 Å². The topological polar surface area (TPSA) is 148 Å². The summed E-state index contributed by atoms with van der Waals surface area (Å²) in [5, 5.41) is 9.42. The molecule has 0 aliphatic carbocycles. The summed E-state index contributed by atoms with van der Waals surface area (Å²) in [6.07, 6.45) is -4.59. The van der Waals surface area contributed by atoms with E-state index in [1.165, 1.54) is 36.4 Å². The average molecular weight is 511 g/mol. The molecule has 0 fully saturated rings. The van der Waals surface area contributed by atoms with E-state index in [4.69, 9.17) is 5.84 Å². The molecule has 3 aromatic rings. The second kappa shape index (κ2) is 8.72. The van der Waals surface area contributed by atoms with Gasteiger partial charge in [-0.15, -0.1) is 0 Å². The molecule has 1 aromatic heterocycles. The van der Waals surface area contributed by atoms with Gasteiger partial charge in [0.2, 0.25) is 10.0 Å². The van der Waals surface area contributed by atoms with E-state index < -0.39 is 66.5 Å². The summed E-state index contributed by atoms with van der Waals surface area (Å²) in [5.74, 6) is 2.54. The first-order valence-corrected chi connectivity index (χ1v) is 11.1. The molecule has 15 heteroatoms. The Hall–Kier alpha value is -4.45.